The quantitative estimate of drug-likeness (QED) is 0.142. The summed E-state index contributed by atoms with van der Waals surface area (Å²) in [7, 11) is 0. The maximum absolute atomic E-state index is 13.0. The Morgan fingerprint density at radius 1 is 0.857 bits per heavy atom. The molecule has 0 aliphatic carbocycles. The highest BCUT2D eigenvalue weighted by atomic mass is 16.4. The van der Waals surface area contributed by atoms with Gasteiger partial charge in [0.1, 0.15) is 18.1 Å². The Bertz CT molecular complexity index is 865. The van der Waals surface area contributed by atoms with Crippen LogP contribution >= 0.6 is 0 Å². The molecule has 194 valence electrons. The molecule has 0 saturated heterocycles. The second-order valence-corrected chi connectivity index (χ2v) is 8.20. The van der Waals surface area contributed by atoms with E-state index in [0.29, 0.717) is 25.8 Å². The van der Waals surface area contributed by atoms with Crippen molar-refractivity contribution in [2.45, 2.75) is 69.6 Å². The van der Waals surface area contributed by atoms with E-state index in [9.17, 15) is 29.1 Å². The first-order valence-electron chi connectivity index (χ1n) is 11.4. The van der Waals surface area contributed by atoms with Gasteiger partial charge >= 0.3 is 11.9 Å². The van der Waals surface area contributed by atoms with Gasteiger partial charge in [0.2, 0.25) is 17.7 Å². The lowest BCUT2D eigenvalue weighted by Crippen LogP contribution is -2.56. The van der Waals surface area contributed by atoms with Gasteiger partial charge in [0.25, 0.3) is 0 Å². The summed E-state index contributed by atoms with van der Waals surface area (Å²) in [6.45, 7) is 1.83. The average Bonchev–Trinajstić information content (AvgIpc) is 2.81. The number of amides is 3. The molecular weight excluding hydrogens is 458 g/mol. The molecule has 0 saturated carbocycles. The number of carboxylic acids is 2. The smallest absolute Gasteiger partial charge is 0.326 e. The summed E-state index contributed by atoms with van der Waals surface area (Å²) in [6, 6.07) is 4.48. The lowest BCUT2D eigenvalue weighted by atomic mass is 10.0. The number of nitrogens with two attached hydrogens (primary N) is 2. The van der Waals surface area contributed by atoms with Gasteiger partial charge in [0.15, 0.2) is 0 Å². The fourth-order valence-electron chi connectivity index (χ4n) is 3.18. The van der Waals surface area contributed by atoms with Crippen LogP contribution in [0.1, 0.15) is 44.6 Å². The predicted molar refractivity (Wildman–Crippen MR) is 127 cm³/mol. The molecule has 1 aromatic carbocycles. The molecule has 12 nitrogen and oxygen atoms in total. The number of hydrogen-bond acceptors (Lipinski definition) is 7. The molecule has 4 atom stereocenters. The van der Waals surface area contributed by atoms with Crippen molar-refractivity contribution in [2.24, 2.45) is 11.5 Å². The first kappa shape index (κ1) is 29.5. The Labute approximate surface area is 203 Å². The lowest BCUT2D eigenvalue weighted by Gasteiger charge is -2.23. The van der Waals surface area contributed by atoms with Crippen molar-refractivity contribution in [2.75, 3.05) is 6.54 Å². The van der Waals surface area contributed by atoms with Crippen molar-refractivity contribution >= 4 is 29.7 Å². The Hall–Kier alpha value is -3.51. The van der Waals surface area contributed by atoms with Gasteiger partial charge in [0, 0.05) is 12.8 Å². The van der Waals surface area contributed by atoms with Crippen LogP contribution in [0.5, 0.6) is 0 Å². The first-order chi connectivity index (χ1) is 16.5. The topological polar surface area (TPSA) is 214 Å². The van der Waals surface area contributed by atoms with E-state index in [4.69, 9.17) is 16.6 Å². The normalized spacial score (nSPS) is 14.1. The van der Waals surface area contributed by atoms with Crippen LogP contribution in [0.2, 0.25) is 0 Å². The van der Waals surface area contributed by atoms with Crippen LogP contribution in [0.15, 0.2) is 30.3 Å². The Morgan fingerprint density at radius 2 is 1.49 bits per heavy atom. The molecule has 0 spiro atoms. The molecule has 4 unspecified atom stereocenters. The average molecular weight is 494 g/mol. The molecule has 0 aromatic heterocycles. The van der Waals surface area contributed by atoms with Gasteiger partial charge in [-0.05, 0) is 38.3 Å². The van der Waals surface area contributed by atoms with Gasteiger partial charge in [-0.3, -0.25) is 19.2 Å². The second kappa shape index (κ2) is 15.4. The SMILES string of the molecule is CC(NC(=O)C(Cc1ccccc1)NC(=O)C(N)CCCCN)C(=O)NC(CCC(=O)O)C(=O)O. The summed E-state index contributed by atoms with van der Waals surface area (Å²) >= 11 is 0. The van der Waals surface area contributed by atoms with Crippen molar-refractivity contribution in [3.05, 3.63) is 35.9 Å². The largest absolute Gasteiger partial charge is 0.481 e. The van der Waals surface area contributed by atoms with E-state index in [1.54, 1.807) is 30.3 Å². The Kier molecular flexibility index (Phi) is 13.0. The summed E-state index contributed by atoms with van der Waals surface area (Å²) < 4.78 is 0. The minimum atomic E-state index is -1.43. The molecule has 1 aromatic rings. The second-order valence-electron chi connectivity index (χ2n) is 8.20. The fourth-order valence-corrected chi connectivity index (χ4v) is 3.18. The van der Waals surface area contributed by atoms with Crippen LogP contribution in [0.3, 0.4) is 0 Å². The molecule has 0 radical (unpaired) electrons. The lowest BCUT2D eigenvalue weighted by molar-refractivity contribution is -0.143. The van der Waals surface area contributed by atoms with Gasteiger partial charge in [-0.1, -0.05) is 36.8 Å². The molecular formula is C23H35N5O7. The Morgan fingerprint density at radius 3 is 2.06 bits per heavy atom. The third kappa shape index (κ3) is 11.5. The number of aliphatic carboxylic acids is 2. The van der Waals surface area contributed by atoms with Gasteiger partial charge in [-0.15, -0.1) is 0 Å². The maximum atomic E-state index is 13.0. The van der Waals surface area contributed by atoms with E-state index < -0.39 is 60.2 Å². The number of carbonyl (C=O) groups is 5. The van der Waals surface area contributed by atoms with E-state index in [1.807, 2.05) is 0 Å². The van der Waals surface area contributed by atoms with Crippen LogP contribution < -0.4 is 27.4 Å². The number of carbonyl (C=O) groups excluding carboxylic acids is 3. The third-order valence-corrected chi connectivity index (χ3v) is 5.24. The van der Waals surface area contributed by atoms with Crippen LogP contribution in [0.25, 0.3) is 0 Å². The predicted octanol–water partition coefficient (Wildman–Crippen LogP) is -0.891. The molecule has 0 heterocycles. The Balaban J connectivity index is 2.85. The van der Waals surface area contributed by atoms with Gasteiger partial charge < -0.3 is 37.6 Å². The molecule has 0 aliphatic heterocycles. The van der Waals surface area contributed by atoms with Crippen LogP contribution in [-0.4, -0.2) is 70.6 Å². The van der Waals surface area contributed by atoms with Crippen molar-refractivity contribution < 1.29 is 34.2 Å². The maximum Gasteiger partial charge on any atom is 0.326 e. The van der Waals surface area contributed by atoms with Crippen molar-refractivity contribution in [3.8, 4) is 0 Å². The van der Waals surface area contributed by atoms with Crippen molar-refractivity contribution in [1.82, 2.24) is 16.0 Å². The molecule has 1 rings (SSSR count). The first-order valence-corrected chi connectivity index (χ1v) is 11.4. The van der Waals surface area contributed by atoms with E-state index in [0.717, 1.165) is 5.56 Å². The van der Waals surface area contributed by atoms with Crippen molar-refractivity contribution in [1.29, 1.82) is 0 Å². The molecule has 0 aliphatic rings. The highest BCUT2D eigenvalue weighted by molar-refractivity contribution is 5.94. The monoisotopic (exact) mass is 493 g/mol. The summed E-state index contributed by atoms with van der Waals surface area (Å²) in [5, 5.41) is 25.3. The number of nitrogens with one attached hydrogen (secondary N) is 3. The van der Waals surface area contributed by atoms with Crippen molar-refractivity contribution in [3.63, 3.8) is 0 Å². The highest BCUT2D eigenvalue weighted by Gasteiger charge is 2.28. The number of carboxylic acid groups (broad SMARTS) is 2. The number of benzene rings is 1. The van der Waals surface area contributed by atoms with E-state index >= 15 is 0 Å². The molecule has 9 N–H and O–H groups in total. The van der Waals surface area contributed by atoms with Gasteiger partial charge in [-0.25, -0.2) is 4.79 Å². The zero-order valence-corrected chi connectivity index (χ0v) is 19.7. The molecule has 0 fully saturated rings. The molecule has 35 heavy (non-hydrogen) atoms. The zero-order valence-electron chi connectivity index (χ0n) is 19.7. The molecule has 12 heteroatoms. The summed E-state index contributed by atoms with van der Waals surface area (Å²) in [4.78, 5) is 60.0. The van der Waals surface area contributed by atoms with Crippen LogP contribution in [0, 0.1) is 0 Å². The number of hydrogen-bond donors (Lipinski definition) is 7. The number of rotatable bonds is 16. The van der Waals surface area contributed by atoms with Gasteiger partial charge in [-0.2, -0.15) is 0 Å². The van der Waals surface area contributed by atoms with E-state index in [2.05, 4.69) is 16.0 Å². The van der Waals surface area contributed by atoms with Crippen LogP contribution in [-0.2, 0) is 30.4 Å². The van der Waals surface area contributed by atoms with Gasteiger partial charge in [0.05, 0.1) is 6.04 Å². The summed E-state index contributed by atoms with van der Waals surface area (Å²) in [5.41, 5.74) is 12.2. The highest BCUT2D eigenvalue weighted by Crippen LogP contribution is 2.06. The number of unbranched alkanes of at least 4 members (excludes halogenated alkanes) is 1. The third-order valence-electron chi connectivity index (χ3n) is 5.24. The molecule has 0 bridgehead atoms. The summed E-state index contributed by atoms with van der Waals surface area (Å²) in [6.07, 6.45) is 1.14. The minimum Gasteiger partial charge on any atom is -0.481 e. The van der Waals surface area contributed by atoms with Crippen LogP contribution in [0.4, 0.5) is 0 Å². The summed E-state index contributed by atoms with van der Waals surface area (Å²) in [5.74, 6) is -4.57. The fraction of sp³-hybridized carbons (Fsp3) is 0.522. The molecule has 3 amide bonds. The zero-order chi connectivity index (χ0) is 26.4. The van der Waals surface area contributed by atoms with E-state index in [-0.39, 0.29) is 12.8 Å². The van der Waals surface area contributed by atoms with E-state index in [1.165, 1.54) is 6.92 Å². The minimum absolute atomic E-state index is 0.138. The standard InChI is InChI=1S/C23H35N5O7/c1-14(20(31)27-17(23(34)35)10-11-19(29)30)26-22(33)18(13-15-7-3-2-4-8-15)28-21(32)16(25)9-5-6-12-24/h2-4,7-8,14,16-18H,5-6,9-13,24-25H2,1H3,(H,26,33)(H,27,31)(H,28,32)(H,29,30)(H,34,35).